The normalized spacial score (nSPS) is 24.6. The van der Waals surface area contributed by atoms with Crippen LogP contribution < -0.4 is 5.32 Å². The Balaban J connectivity index is 2.06. The second-order valence-electron chi connectivity index (χ2n) is 5.15. The van der Waals surface area contributed by atoms with Gasteiger partial charge < -0.3 is 5.32 Å². The van der Waals surface area contributed by atoms with E-state index >= 15 is 0 Å². The van der Waals surface area contributed by atoms with E-state index in [0.29, 0.717) is 6.04 Å². The number of rotatable bonds is 6. The largest absolute Gasteiger partial charge is 0.313 e. The van der Waals surface area contributed by atoms with Crippen LogP contribution in [0.2, 0.25) is 0 Å². The van der Waals surface area contributed by atoms with Crippen molar-refractivity contribution in [3.05, 3.63) is 33.4 Å². The minimum atomic E-state index is 0.600. The lowest BCUT2D eigenvalue weighted by Gasteiger charge is -2.36. The fourth-order valence-corrected chi connectivity index (χ4v) is 6.37. The molecule has 112 valence electrons. The van der Waals surface area contributed by atoms with Crippen LogP contribution in [0.3, 0.4) is 0 Å². The van der Waals surface area contributed by atoms with Gasteiger partial charge in [0.25, 0.3) is 0 Å². The van der Waals surface area contributed by atoms with Gasteiger partial charge in [-0.25, -0.2) is 0 Å². The highest BCUT2D eigenvalue weighted by atomic mass is 127. The van der Waals surface area contributed by atoms with Gasteiger partial charge in [0.2, 0.25) is 0 Å². The van der Waals surface area contributed by atoms with E-state index in [0.717, 1.165) is 23.5 Å². The Hall–Kier alpha value is 0.610. The van der Waals surface area contributed by atoms with Crippen LogP contribution in [-0.2, 0) is 6.42 Å². The second kappa shape index (κ2) is 8.91. The van der Waals surface area contributed by atoms with Crippen molar-refractivity contribution in [2.75, 3.05) is 18.1 Å². The van der Waals surface area contributed by atoms with Crippen molar-refractivity contribution in [3.63, 3.8) is 0 Å². The molecule has 1 aliphatic rings. The van der Waals surface area contributed by atoms with Gasteiger partial charge in [0.1, 0.15) is 0 Å². The van der Waals surface area contributed by atoms with Crippen molar-refractivity contribution in [1.29, 1.82) is 0 Å². The first kappa shape index (κ1) is 17.0. The average Bonchev–Trinajstić information content (AvgIpc) is 2.49. The molecule has 1 heterocycles. The molecule has 20 heavy (non-hydrogen) atoms. The van der Waals surface area contributed by atoms with Gasteiger partial charge in [-0.1, -0.05) is 26.0 Å². The number of benzene rings is 1. The van der Waals surface area contributed by atoms with Gasteiger partial charge in [-0.05, 0) is 59.7 Å². The molecule has 2 rings (SSSR count). The molecule has 3 unspecified atom stereocenters. The van der Waals surface area contributed by atoms with Gasteiger partial charge in [0.15, 0.2) is 0 Å². The summed E-state index contributed by atoms with van der Waals surface area (Å²) in [6.45, 7) is 5.63. The average molecular weight is 421 g/mol. The van der Waals surface area contributed by atoms with Crippen LogP contribution in [-0.4, -0.2) is 34.6 Å². The third-order valence-electron chi connectivity index (χ3n) is 3.73. The number of hydrogen-bond acceptors (Lipinski definition) is 3. The second-order valence-corrected chi connectivity index (χ2v) is 9.03. The molecule has 0 spiro atoms. The third kappa shape index (κ3) is 4.82. The molecule has 1 fully saturated rings. The van der Waals surface area contributed by atoms with Gasteiger partial charge in [-0.3, -0.25) is 0 Å². The van der Waals surface area contributed by atoms with E-state index < -0.39 is 0 Å². The molecule has 0 aromatic heterocycles. The van der Waals surface area contributed by atoms with E-state index in [4.69, 9.17) is 0 Å². The van der Waals surface area contributed by atoms with Crippen LogP contribution in [0.4, 0.5) is 0 Å². The lowest BCUT2D eigenvalue weighted by molar-refractivity contribution is 0.490. The molecular weight excluding hydrogens is 397 g/mol. The number of likely N-dealkylation sites (N-methyl/N-ethyl adjacent to an activating group) is 1. The van der Waals surface area contributed by atoms with Crippen LogP contribution in [0, 0.1) is 3.57 Å². The summed E-state index contributed by atoms with van der Waals surface area (Å²) < 4.78 is 1.32. The number of halogens is 1. The Morgan fingerprint density at radius 2 is 1.90 bits per heavy atom. The number of hydrogen-bond donors (Lipinski definition) is 1. The monoisotopic (exact) mass is 421 g/mol. The summed E-state index contributed by atoms with van der Waals surface area (Å²) in [5, 5.41) is 5.30. The molecular formula is C16H24INS2. The van der Waals surface area contributed by atoms with Crippen LogP contribution in [0.25, 0.3) is 0 Å². The maximum absolute atomic E-state index is 3.74. The summed E-state index contributed by atoms with van der Waals surface area (Å²) in [6.07, 6.45) is 2.44. The van der Waals surface area contributed by atoms with Crippen molar-refractivity contribution < 1.29 is 0 Å². The SMILES string of the molecule is CCNC(Cc1ccc(I)cc1)C1SCCSC1CC. The zero-order valence-electron chi connectivity index (χ0n) is 12.3. The van der Waals surface area contributed by atoms with E-state index in [1.807, 2.05) is 0 Å². The van der Waals surface area contributed by atoms with Crippen molar-refractivity contribution in [2.45, 2.75) is 43.2 Å². The van der Waals surface area contributed by atoms with Crippen molar-refractivity contribution in [2.24, 2.45) is 0 Å². The van der Waals surface area contributed by atoms with Gasteiger partial charge in [0.05, 0.1) is 0 Å². The molecule has 1 aromatic rings. The minimum Gasteiger partial charge on any atom is -0.313 e. The molecule has 0 bridgehead atoms. The summed E-state index contributed by atoms with van der Waals surface area (Å²) in [6, 6.07) is 9.61. The highest BCUT2D eigenvalue weighted by Gasteiger charge is 2.31. The van der Waals surface area contributed by atoms with E-state index in [-0.39, 0.29) is 0 Å². The van der Waals surface area contributed by atoms with Gasteiger partial charge >= 0.3 is 0 Å². The quantitative estimate of drug-likeness (QED) is 0.683. The maximum atomic E-state index is 3.74. The zero-order valence-corrected chi connectivity index (χ0v) is 16.1. The Labute approximate surface area is 145 Å². The summed E-state index contributed by atoms with van der Waals surface area (Å²) >= 11 is 6.73. The van der Waals surface area contributed by atoms with Crippen LogP contribution in [0.15, 0.2) is 24.3 Å². The highest BCUT2D eigenvalue weighted by Crippen LogP contribution is 2.36. The molecule has 0 aliphatic carbocycles. The summed E-state index contributed by atoms with van der Waals surface area (Å²) in [7, 11) is 0. The number of thioether (sulfide) groups is 2. The Morgan fingerprint density at radius 1 is 1.20 bits per heavy atom. The molecule has 0 amide bonds. The highest BCUT2D eigenvalue weighted by molar-refractivity contribution is 14.1. The van der Waals surface area contributed by atoms with Gasteiger partial charge in [0, 0.05) is 31.6 Å². The van der Waals surface area contributed by atoms with Crippen molar-refractivity contribution in [1.82, 2.24) is 5.32 Å². The van der Waals surface area contributed by atoms with Crippen molar-refractivity contribution >= 4 is 46.1 Å². The first-order valence-corrected chi connectivity index (χ1v) is 10.6. The molecule has 1 aromatic carbocycles. The molecule has 3 atom stereocenters. The third-order valence-corrected chi connectivity index (χ3v) is 7.85. The van der Waals surface area contributed by atoms with Gasteiger partial charge in [-0.15, -0.1) is 0 Å². The molecule has 1 nitrogen and oxygen atoms in total. The standard InChI is InChI=1S/C16H24INS2/c1-3-15-16(20-10-9-19-15)14(18-4-2)11-12-5-7-13(17)8-6-12/h5-8,14-16,18H,3-4,9-11H2,1-2H3. The predicted molar refractivity (Wildman–Crippen MR) is 103 cm³/mol. The van der Waals surface area contributed by atoms with E-state index in [2.05, 4.69) is 89.5 Å². The molecule has 4 heteroatoms. The topological polar surface area (TPSA) is 12.0 Å². The maximum Gasteiger partial charge on any atom is 0.0323 e. The number of nitrogens with one attached hydrogen (secondary N) is 1. The smallest absolute Gasteiger partial charge is 0.0323 e. The van der Waals surface area contributed by atoms with Crippen LogP contribution >= 0.6 is 46.1 Å². The molecule has 0 saturated carbocycles. The Morgan fingerprint density at radius 3 is 2.55 bits per heavy atom. The molecule has 1 aliphatic heterocycles. The lowest BCUT2D eigenvalue weighted by Crippen LogP contribution is -2.46. The fourth-order valence-electron chi connectivity index (χ4n) is 2.75. The van der Waals surface area contributed by atoms with Gasteiger partial charge in [-0.2, -0.15) is 23.5 Å². The summed E-state index contributed by atoms with van der Waals surface area (Å²) in [5.41, 5.74) is 1.46. The van der Waals surface area contributed by atoms with E-state index in [1.165, 1.54) is 27.1 Å². The predicted octanol–water partition coefficient (Wildman–Crippen LogP) is 4.44. The first-order chi connectivity index (χ1) is 9.74. The summed E-state index contributed by atoms with van der Waals surface area (Å²) in [5.74, 6) is 2.63. The summed E-state index contributed by atoms with van der Waals surface area (Å²) in [4.78, 5) is 0. The van der Waals surface area contributed by atoms with E-state index in [1.54, 1.807) is 0 Å². The van der Waals surface area contributed by atoms with Crippen molar-refractivity contribution in [3.8, 4) is 0 Å². The molecule has 1 saturated heterocycles. The Bertz CT molecular complexity index is 396. The lowest BCUT2D eigenvalue weighted by atomic mass is 10.00. The Kier molecular flexibility index (Phi) is 7.56. The first-order valence-electron chi connectivity index (χ1n) is 7.45. The van der Waals surface area contributed by atoms with Crippen LogP contribution in [0.1, 0.15) is 25.8 Å². The molecule has 1 N–H and O–H groups in total. The fraction of sp³-hybridized carbons (Fsp3) is 0.625. The van der Waals surface area contributed by atoms with E-state index in [9.17, 15) is 0 Å². The molecule has 0 radical (unpaired) electrons. The van der Waals surface area contributed by atoms with Crippen LogP contribution in [0.5, 0.6) is 0 Å². The zero-order chi connectivity index (χ0) is 14.4. The minimum absolute atomic E-state index is 0.600.